The van der Waals surface area contributed by atoms with E-state index in [4.69, 9.17) is 0 Å². The molecule has 27 heavy (non-hydrogen) atoms. The maximum Gasteiger partial charge on any atom is 0.407 e. The number of nitrogens with zero attached hydrogens (tertiary/aromatic N) is 2. The van der Waals surface area contributed by atoms with E-state index in [2.05, 4.69) is 27.7 Å². The summed E-state index contributed by atoms with van der Waals surface area (Å²) in [5, 5.41) is 19.2. The SMILES string of the molecule is CC(C)CC(CC(C)C)(CC1CCCN1C(=O)O)CC1CCCN1C(=O)O. The van der Waals surface area contributed by atoms with Gasteiger partial charge in [0.25, 0.3) is 0 Å². The van der Waals surface area contributed by atoms with Crippen LogP contribution in [0.3, 0.4) is 0 Å². The second-order valence-electron chi connectivity index (χ2n) is 9.65. The molecule has 0 bridgehead atoms. The third-order valence-corrected chi connectivity index (χ3v) is 6.27. The lowest BCUT2D eigenvalue weighted by atomic mass is 9.66. The molecule has 0 radical (unpaired) electrons. The topological polar surface area (TPSA) is 81.1 Å². The lowest BCUT2D eigenvalue weighted by Gasteiger charge is -2.43. The Morgan fingerprint density at radius 1 is 0.852 bits per heavy atom. The average molecular weight is 383 g/mol. The van der Waals surface area contributed by atoms with Crippen LogP contribution in [0.15, 0.2) is 0 Å². The van der Waals surface area contributed by atoms with Crippen LogP contribution >= 0.6 is 0 Å². The van der Waals surface area contributed by atoms with Crippen LogP contribution in [0.4, 0.5) is 9.59 Å². The maximum atomic E-state index is 11.7. The number of hydrogen-bond donors (Lipinski definition) is 2. The molecule has 2 N–H and O–H groups in total. The molecule has 2 unspecified atom stereocenters. The van der Waals surface area contributed by atoms with Crippen LogP contribution in [0, 0.1) is 17.3 Å². The first-order chi connectivity index (χ1) is 12.6. The van der Waals surface area contributed by atoms with Gasteiger partial charge in [0.15, 0.2) is 0 Å². The Morgan fingerprint density at radius 2 is 1.22 bits per heavy atom. The van der Waals surface area contributed by atoms with Gasteiger partial charge in [0, 0.05) is 25.2 Å². The monoisotopic (exact) mass is 382 g/mol. The first-order valence-electron chi connectivity index (χ1n) is 10.6. The fourth-order valence-electron chi connectivity index (χ4n) is 5.83. The van der Waals surface area contributed by atoms with Crippen LogP contribution in [0.5, 0.6) is 0 Å². The summed E-state index contributed by atoms with van der Waals surface area (Å²) >= 11 is 0. The van der Waals surface area contributed by atoms with Crippen LogP contribution in [-0.2, 0) is 0 Å². The maximum absolute atomic E-state index is 11.7. The predicted molar refractivity (Wildman–Crippen MR) is 106 cm³/mol. The second-order valence-corrected chi connectivity index (χ2v) is 9.65. The van der Waals surface area contributed by atoms with E-state index in [1.807, 2.05) is 0 Å². The zero-order valence-corrected chi connectivity index (χ0v) is 17.5. The van der Waals surface area contributed by atoms with Crippen molar-refractivity contribution in [1.29, 1.82) is 0 Å². The first-order valence-corrected chi connectivity index (χ1v) is 10.6. The van der Waals surface area contributed by atoms with Crippen molar-refractivity contribution in [3.05, 3.63) is 0 Å². The van der Waals surface area contributed by atoms with Gasteiger partial charge in [0.2, 0.25) is 0 Å². The van der Waals surface area contributed by atoms with E-state index < -0.39 is 12.2 Å². The predicted octanol–water partition coefficient (Wildman–Crippen LogP) is 5.13. The van der Waals surface area contributed by atoms with Gasteiger partial charge in [-0.2, -0.15) is 0 Å². The van der Waals surface area contributed by atoms with E-state index in [0.29, 0.717) is 24.9 Å². The first kappa shape index (κ1) is 21.8. The number of rotatable bonds is 8. The minimum atomic E-state index is -0.812. The molecule has 2 saturated heterocycles. The molecule has 2 amide bonds. The van der Waals surface area contributed by atoms with Crippen molar-refractivity contribution < 1.29 is 19.8 Å². The highest BCUT2D eigenvalue weighted by Gasteiger charge is 2.43. The minimum Gasteiger partial charge on any atom is -0.465 e. The Bertz CT molecular complexity index is 474. The molecule has 0 spiro atoms. The van der Waals surface area contributed by atoms with Crippen LogP contribution in [-0.4, -0.2) is 57.4 Å². The third kappa shape index (κ3) is 5.76. The van der Waals surface area contributed by atoms with Crippen molar-refractivity contribution in [1.82, 2.24) is 9.80 Å². The lowest BCUT2D eigenvalue weighted by Crippen LogP contribution is -2.43. The Labute approximate surface area is 163 Å². The summed E-state index contributed by atoms with van der Waals surface area (Å²) in [5.74, 6) is 1.01. The molecule has 0 aromatic rings. The van der Waals surface area contributed by atoms with Gasteiger partial charge >= 0.3 is 12.2 Å². The number of hydrogen-bond acceptors (Lipinski definition) is 2. The van der Waals surface area contributed by atoms with E-state index in [-0.39, 0.29) is 17.5 Å². The van der Waals surface area contributed by atoms with Crippen molar-refractivity contribution in [2.75, 3.05) is 13.1 Å². The highest BCUT2D eigenvalue weighted by molar-refractivity contribution is 5.66. The number of carboxylic acid groups (broad SMARTS) is 2. The number of amides is 2. The van der Waals surface area contributed by atoms with Crippen LogP contribution in [0.2, 0.25) is 0 Å². The Kier molecular flexibility index (Phi) is 7.40. The van der Waals surface area contributed by atoms with Gasteiger partial charge in [-0.3, -0.25) is 0 Å². The van der Waals surface area contributed by atoms with E-state index >= 15 is 0 Å². The van der Waals surface area contributed by atoms with E-state index in [0.717, 1.165) is 51.4 Å². The third-order valence-electron chi connectivity index (χ3n) is 6.27. The smallest absolute Gasteiger partial charge is 0.407 e. The fourth-order valence-corrected chi connectivity index (χ4v) is 5.83. The Balaban J connectivity index is 2.27. The molecule has 2 fully saturated rings. The highest BCUT2D eigenvalue weighted by Crippen LogP contribution is 2.46. The van der Waals surface area contributed by atoms with Gasteiger partial charge in [0.1, 0.15) is 0 Å². The molecule has 2 heterocycles. The molecule has 6 nitrogen and oxygen atoms in total. The van der Waals surface area contributed by atoms with E-state index in [9.17, 15) is 19.8 Å². The molecule has 0 aromatic carbocycles. The number of carbonyl (C=O) groups is 2. The van der Waals surface area contributed by atoms with Gasteiger partial charge in [-0.15, -0.1) is 0 Å². The molecule has 0 aromatic heterocycles. The molecular formula is C21H38N2O4. The molecule has 6 heteroatoms. The van der Waals surface area contributed by atoms with Crippen molar-refractivity contribution in [3.8, 4) is 0 Å². The summed E-state index contributed by atoms with van der Waals surface area (Å²) in [6.07, 6.45) is 5.87. The zero-order valence-electron chi connectivity index (χ0n) is 17.5. The molecule has 2 aliphatic heterocycles. The largest absolute Gasteiger partial charge is 0.465 e. The van der Waals surface area contributed by atoms with E-state index in [1.165, 1.54) is 0 Å². The minimum absolute atomic E-state index is 0.00620. The van der Waals surface area contributed by atoms with Crippen LogP contribution < -0.4 is 0 Å². The summed E-state index contributed by atoms with van der Waals surface area (Å²) in [6.45, 7) is 10.2. The zero-order chi connectivity index (χ0) is 20.2. The van der Waals surface area contributed by atoms with Gasteiger partial charge in [-0.1, -0.05) is 27.7 Å². The highest BCUT2D eigenvalue weighted by atomic mass is 16.4. The second kappa shape index (κ2) is 9.16. The molecule has 2 rings (SSSR count). The standard InChI is InChI=1S/C21H38N2O4/c1-15(2)11-21(12-16(3)4,13-17-7-5-9-22(17)19(24)25)14-18-8-6-10-23(18)20(26)27/h15-18H,5-14H2,1-4H3,(H,24,25)(H,26,27). The van der Waals surface area contributed by atoms with Gasteiger partial charge in [-0.25, -0.2) is 9.59 Å². The summed E-state index contributed by atoms with van der Waals surface area (Å²) < 4.78 is 0. The van der Waals surface area contributed by atoms with Crippen molar-refractivity contribution in [3.63, 3.8) is 0 Å². The molecule has 0 aliphatic carbocycles. The van der Waals surface area contributed by atoms with Gasteiger partial charge in [0.05, 0.1) is 0 Å². The summed E-state index contributed by atoms with van der Waals surface area (Å²) in [4.78, 5) is 26.6. The van der Waals surface area contributed by atoms with Crippen molar-refractivity contribution >= 4 is 12.2 Å². The number of likely N-dealkylation sites (tertiary alicyclic amines) is 2. The lowest BCUT2D eigenvalue weighted by molar-refractivity contribution is 0.0654. The van der Waals surface area contributed by atoms with Gasteiger partial charge < -0.3 is 20.0 Å². The average Bonchev–Trinajstić information content (AvgIpc) is 3.14. The molecule has 156 valence electrons. The Hall–Kier alpha value is -1.46. The summed E-state index contributed by atoms with van der Waals surface area (Å²) in [5.41, 5.74) is -0.00620. The van der Waals surface area contributed by atoms with Gasteiger partial charge in [-0.05, 0) is 68.6 Å². The van der Waals surface area contributed by atoms with E-state index in [1.54, 1.807) is 9.80 Å². The molecule has 0 saturated carbocycles. The van der Waals surface area contributed by atoms with Crippen molar-refractivity contribution in [2.45, 2.75) is 91.1 Å². The van der Waals surface area contributed by atoms with Crippen molar-refractivity contribution in [2.24, 2.45) is 17.3 Å². The fraction of sp³-hybridized carbons (Fsp3) is 0.905. The summed E-state index contributed by atoms with van der Waals surface area (Å²) in [7, 11) is 0. The Morgan fingerprint density at radius 3 is 1.52 bits per heavy atom. The quantitative estimate of drug-likeness (QED) is 0.610. The summed E-state index contributed by atoms with van der Waals surface area (Å²) in [6, 6.07) is 0.138. The molecule has 2 atom stereocenters. The molecular weight excluding hydrogens is 344 g/mol. The normalized spacial score (nSPS) is 23.6. The van der Waals surface area contributed by atoms with Crippen LogP contribution in [0.25, 0.3) is 0 Å². The van der Waals surface area contributed by atoms with Crippen LogP contribution in [0.1, 0.15) is 79.1 Å². The molecule has 2 aliphatic rings.